The first-order valence-electron chi connectivity index (χ1n) is 10.6. The topological polar surface area (TPSA) is 61.8 Å². The Hall–Kier alpha value is -2.60. The van der Waals surface area contributed by atoms with Crippen LogP contribution in [-0.4, -0.2) is 28.2 Å². The maximum absolute atomic E-state index is 12.5. The van der Waals surface area contributed by atoms with Gasteiger partial charge in [-0.1, -0.05) is 55.3 Å². The highest BCUT2D eigenvalue weighted by Crippen LogP contribution is 2.39. The van der Waals surface area contributed by atoms with Gasteiger partial charge in [-0.15, -0.1) is 11.8 Å². The predicted molar refractivity (Wildman–Crippen MR) is 121 cm³/mol. The van der Waals surface area contributed by atoms with E-state index in [-0.39, 0.29) is 17.2 Å². The van der Waals surface area contributed by atoms with Gasteiger partial charge in [0.15, 0.2) is 0 Å². The quantitative estimate of drug-likeness (QED) is 0.552. The van der Waals surface area contributed by atoms with Crippen molar-refractivity contribution in [2.45, 2.75) is 50.4 Å². The molecule has 4 rings (SSSR count). The average Bonchev–Trinajstić information content (AvgIpc) is 2.97. The summed E-state index contributed by atoms with van der Waals surface area (Å²) in [6, 6.07) is 17.6. The lowest BCUT2D eigenvalue weighted by atomic mass is 10.1. The summed E-state index contributed by atoms with van der Waals surface area (Å²) < 4.78 is 0. The van der Waals surface area contributed by atoms with Crippen LogP contribution in [0.15, 0.2) is 59.7 Å². The molecule has 1 saturated carbocycles. The number of amides is 2. The van der Waals surface area contributed by atoms with Gasteiger partial charge >= 0.3 is 0 Å². The van der Waals surface area contributed by atoms with Crippen LogP contribution >= 0.6 is 11.8 Å². The molecule has 6 heteroatoms. The van der Waals surface area contributed by atoms with Crippen LogP contribution in [-0.2, 0) is 11.3 Å². The van der Waals surface area contributed by atoms with Crippen LogP contribution in [0.2, 0.25) is 0 Å². The van der Waals surface area contributed by atoms with E-state index in [4.69, 9.17) is 0 Å². The highest BCUT2D eigenvalue weighted by atomic mass is 32.2. The molecule has 1 N–H and O–H groups in total. The lowest BCUT2D eigenvalue weighted by Crippen LogP contribution is -2.27. The molecule has 0 spiro atoms. The fourth-order valence-electron chi connectivity index (χ4n) is 3.92. The van der Waals surface area contributed by atoms with E-state index in [9.17, 15) is 9.59 Å². The van der Waals surface area contributed by atoms with Crippen molar-refractivity contribution in [3.63, 3.8) is 0 Å². The first-order chi connectivity index (χ1) is 14.7. The van der Waals surface area contributed by atoms with Crippen LogP contribution in [0.4, 0.5) is 0 Å². The molecule has 2 amide bonds. The molecule has 1 aliphatic heterocycles. The van der Waals surface area contributed by atoms with E-state index in [0.717, 1.165) is 42.5 Å². The number of carbonyl (C=O) groups is 2. The normalized spacial score (nSPS) is 19.5. The predicted octanol–water partition coefficient (Wildman–Crippen LogP) is 4.90. The summed E-state index contributed by atoms with van der Waals surface area (Å²) in [7, 11) is 0. The Labute approximate surface area is 181 Å². The second kappa shape index (κ2) is 9.94. The van der Waals surface area contributed by atoms with Crippen molar-refractivity contribution in [3.05, 3.63) is 71.3 Å². The monoisotopic (exact) mass is 421 g/mol. The Kier molecular flexibility index (Phi) is 6.84. The van der Waals surface area contributed by atoms with Crippen molar-refractivity contribution in [1.82, 2.24) is 10.3 Å². The molecule has 1 aliphatic carbocycles. The van der Waals surface area contributed by atoms with Gasteiger partial charge in [0.1, 0.15) is 5.37 Å². The molecule has 2 aliphatic rings. The molecule has 2 aromatic rings. The fraction of sp³-hybridized carbons (Fsp3) is 0.375. The zero-order valence-corrected chi connectivity index (χ0v) is 17.9. The number of carbonyl (C=O) groups excluding carboxylic acids is 2. The maximum atomic E-state index is 12.5. The molecule has 2 fully saturated rings. The molecule has 0 unspecified atom stereocenters. The van der Waals surface area contributed by atoms with Gasteiger partial charge in [-0.05, 0) is 48.9 Å². The van der Waals surface area contributed by atoms with E-state index in [1.807, 2.05) is 59.5 Å². The molecular formula is C24H27N3O2S. The number of benzene rings is 2. The minimum absolute atomic E-state index is 0.0268. The summed E-state index contributed by atoms with van der Waals surface area (Å²) in [5.74, 6) is 0.446. The molecular weight excluding hydrogens is 394 g/mol. The van der Waals surface area contributed by atoms with Crippen molar-refractivity contribution in [2.24, 2.45) is 5.10 Å². The third kappa shape index (κ3) is 5.11. The second-order valence-corrected chi connectivity index (χ2v) is 8.89. The average molecular weight is 422 g/mol. The Bertz CT molecular complexity index is 902. The largest absolute Gasteiger partial charge is 0.322 e. The molecule has 1 saturated heterocycles. The van der Waals surface area contributed by atoms with Gasteiger partial charge in [0.2, 0.25) is 5.91 Å². The van der Waals surface area contributed by atoms with Gasteiger partial charge < -0.3 is 4.90 Å². The molecule has 5 nitrogen and oxygen atoms in total. The zero-order chi connectivity index (χ0) is 20.8. The maximum Gasteiger partial charge on any atom is 0.271 e. The molecule has 0 aromatic heterocycles. The van der Waals surface area contributed by atoms with E-state index >= 15 is 0 Å². The molecule has 156 valence electrons. The summed E-state index contributed by atoms with van der Waals surface area (Å²) in [6.07, 6.45) is 6.75. The fourth-order valence-corrected chi connectivity index (χ4v) is 5.11. The molecule has 2 aromatic carbocycles. The Morgan fingerprint density at radius 3 is 2.40 bits per heavy atom. The summed E-state index contributed by atoms with van der Waals surface area (Å²) in [5, 5.41) is 4.32. The molecule has 1 heterocycles. The van der Waals surface area contributed by atoms with Crippen molar-refractivity contribution in [2.75, 3.05) is 5.75 Å². The third-order valence-corrected chi connectivity index (χ3v) is 6.87. The smallest absolute Gasteiger partial charge is 0.271 e. The van der Waals surface area contributed by atoms with Gasteiger partial charge in [-0.2, -0.15) is 5.10 Å². The molecule has 0 radical (unpaired) electrons. The molecule has 0 bridgehead atoms. The van der Waals surface area contributed by atoms with Gasteiger partial charge in [0.05, 0.1) is 5.75 Å². The lowest BCUT2D eigenvalue weighted by Gasteiger charge is -2.24. The number of hydrogen-bond acceptors (Lipinski definition) is 4. The Morgan fingerprint density at radius 2 is 1.70 bits per heavy atom. The molecule has 1 atom stereocenters. The Balaban J connectivity index is 1.41. The first kappa shape index (κ1) is 20.7. The highest BCUT2D eigenvalue weighted by Gasteiger charge is 2.32. The number of hydrazone groups is 1. The molecule has 30 heavy (non-hydrogen) atoms. The van der Waals surface area contributed by atoms with Crippen LogP contribution in [0, 0.1) is 0 Å². The van der Waals surface area contributed by atoms with Gasteiger partial charge in [-0.3, -0.25) is 9.59 Å². The summed E-state index contributed by atoms with van der Waals surface area (Å²) in [4.78, 5) is 26.8. The van der Waals surface area contributed by atoms with Crippen LogP contribution < -0.4 is 5.43 Å². The van der Waals surface area contributed by atoms with Crippen molar-refractivity contribution in [1.29, 1.82) is 0 Å². The zero-order valence-electron chi connectivity index (χ0n) is 17.0. The van der Waals surface area contributed by atoms with E-state index in [1.165, 1.54) is 12.8 Å². The summed E-state index contributed by atoms with van der Waals surface area (Å²) >= 11 is 1.63. The number of nitrogens with zero attached hydrogens (tertiary/aromatic N) is 2. The summed E-state index contributed by atoms with van der Waals surface area (Å²) in [5.41, 5.74) is 6.54. The minimum Gasteiger partial charge on any atom is -0.322 e. The summed E-state index contributed by atoms with van der Waals surface area (Å²) in [6.45, 7) is 0.594. The van der Waals surface area contributed by atoms with Crippen molar-refractivity contribution >= 4 is 29.3 Å². The van der Waals surface area contributed by atoms with Gasteiger partial charge in [0.25, 0.3) is 5.91 Å². The van der Waals surface area contributed by atoms with E-state index < -0.39 is 0 Å². The third-order valence-electron chi connectivity index (χ3n) is 5.62. The van der Waals surface area contributed by atoms with Crippen LogP contribution in [0.1, 0.15) is 65.4 Å². The van der Waals surface area contributed by atoms with Crippen molar-refractivity contribution in [3.8, 4) is 0 Å². The minimum atomic E-state index is -0.186. The van der Waals surface area contributed by atoms with Crippen molar-refractivity contribution < 1.29 is 9.59 Å². The van der Waals surface area contributed by atoms with E-state index in [0.29, 0.717) is 17.9 Å². The van der Waals surface area contributed by atoms with E-state index in [2.05, 4.69) is 10.5 Å². The Morgan fingerprint density at radius 1 is 1.00 bits per heavy atom. The van der Waals surface area contributed by atoms with Gasteiger partial charge in [-0.25, -0.2) is 5.43 Å². The van der Waals surface area contributed by atoms with Crippen LogP contribution in [0.3, 0.4) is 0 Å². The van der Waals surface area contributed by atoms with Crippen LogP contribution in [0.25, 0.3) is 0 Å². The highest BCUT2D eigenvalue weighted by molar-refractivity contribution is 8.00. The number of rotatable bonds is 5. The lowest BCUT2D eigenvalue weighted by molar-refractivity contribution is -0.128. The van der Waals surface area contributed by atoms with Gasteiger partial charge in [0, 0.05) is 17.8 Å². The standard InChI is InChI=1S/C24H27N3O2S/c28-22-17-30-24(27(22)16-18-8-4-3-5-9-18)20-14-12-19(13-15-20)23(29)26-25-21-10-6-1-2-7-11-21/h3-5,8-9,12-15,24H,1-2,6-7,10-11,16-17H2,(H,26,29)/t24-/m1/s1. The van der Waals surface area contributed by atoms with Crippen LogP contribution in [0.5, 0.6) is 0 Å². The second-order valence-electron chi connectivity index (χ2n) is 7.83. The SMILES string of the molecule is O=C(NN=C1CCCCCC1)c1ccc([C@H]2SCC(=O)N2Cc2ccccc2)cc1. The number of thioether (sulfide) groups is 1. The number of hydrogen-bond donors (Lipinski definition) is 1. The van der Waals surface area contributed by atoms with E-state index in [1.54, 1.807) is 11.8 Å². The first-order valence-corrected chi connectivity index (χ1v) is 11.7. The number of nitrogens with one attached hydrogen (secondary N) is 1.